The third-order valence-corrected chi connectivity index (χ3v) is 4.95. The first-order valence-electron chi connectivity index (χ1n) is 8.92. The molecule has 0 N–H and O–H groups in total. The van der Waals surface area contributed by atoms with Crippen LogP contribution in [0.1, 0.15) is 0 Å². The number of methoxy groups -OCH3 is 1. The van der Waals surface area contributed by atoms with E-state index in [0.29, 0.717) is 51.1 Å². The number of thiazole rings is 1. The minimum atomic E-state index is 0.312. The molecular formula is C20H22N2O5S. The van der Waals surface area contributed by atoms with E-state index in [9.17, 15) is 4.91 Å². The Balaban J connectivity index is 1.59. The number of hydrogen-bond acceptors (Lipinski definition) is 8. The highest BCUT2D eigenvalue weighted by atomic mass is 32.1. The van der Waals surface area contributed by atoms with Gasteiger partial charge in [0.1, 0.15) is 23.1 Å². The fourth-order valence-electron chi connectivity index (χ4n) is 2.53. The molecule has 1 aromatic heterocycles. The lowest BCUT2D eigenvalue weighted by Gasteiger charge is -2.11. The van der Waals surface area contributed by atoms with Crippen molar-refractivity contribution in [3.63, 3.8) is 0 Å². The van der Waals surface area contributed by atoms with Gasteiger partial charge in [0.25, 0.3) is 0 Å². The summed E-state index contributed by atoms with van der Waals surface area (Å²) >= 11 is 1.58. The van der Waals surface area contributed by atoms with Crippen molar-refractivity contribution in [2.24, 2.45) is 5.18 Å². The van der Waals surface area contributed by atoms with E-state index < -0.39 is 0 Å². The molecule has 0 fully saturated rings. The van der Waals surface area contributed by atoms with Crippen molar-refractivity contribution < 1.29 is 18.9 Å². The lowest BCUT2D eigenvalue weighted by Crippen LogP contribution is -2.12. The Kier molecular flexibility index (Phi) is 7.86. The van der Waals surface area contributed by atoms with Crippen LogP contribution in [-0.2, 0) is 14.2 Å². The highest BCUT2D eigenvalue weighted by Gasteiger charge is 2.13. The first-order chi connectivity index (χ1) is 13.8. The molecule has 0 saturated carbocycles. The standard InChI is InChI=1S/C20H22N2O5S/c1-24-8-9-25-10-11-26-12-13-27-18-14-15(22-23)6-7-16(18)20-21-17-4-2-3-5-19(17)28-20/h2-7,14H,8-13H2,1H3. The summed E-state index contributed by atoms with van der Waals surface area (Å²) in [5.41, 5.74) is 2.08. The molecule has 28 heavy (non-hydrogen) atoms. The Labute approximate surface area is 167 Å². The van der Waals surface area contributed by atoms with Gasteiger partial charge in [-0.05, 0) is 29.4 Å². The molecule has 0 atom stereocenters. The Morgan fingerprint density at radius 3 is 2.46 bits per heavy atom. The van der Waals surface area contributed by atoms with Gasteiger partial charge in [-0.1, -0.05) is 12.1 Å². The average Bonchev–Trinajstić information content (AvgIpc) is 3.16. The summed E-state index contributed by atoms with van der Waals surface area (Å²) < 4.78 is 22.7. The SMILES string of the molecule is COCCOCCOCCOc1cc(N=O)ccc1-c1nc2ccccc2s1. The van der Waals surface area contributed by atoms with Crippen LogP contribution in [0.25, 0.3) is 20.8 Å². The molecule has 2 aromatic carbocycles. The molecular weight excluding hydrogens is 380 g/mol. The second kappa shape index (κ2) is 10.8. The van der Waals surface area contributed by atoms with Gasteiger partial charge < -0.3 is 18.9 Å². The van der Waals surface area contributed by atoms with Gasteiger partial charge in [-0.25, -0.2) is 4.98 Å². The first kappa shape index (κ1) is 20.3. The topological polar surface area (TPSA) is 79.2 Å². The second-order valence-corrected chi connectivity index (χ2v) is 6.86. The molecule has 0 saturated heterocycles. The minimum absolute atomic E-state index is 0.312. The van der Waals surface area contributed by atoms with Crippen LogP contribution in [0.5, 0.6) is 5.75 Å². The van der Waals surface area contributed by atoms with E-state index in [1.807, 2.05) is 30.3 Å². The maximum Gasteiger partial charge on any atom is 0.131 e. The number of rotatable bonds is 12. The molecule has 8 heteroatoms. The summed E-state index contributed by atoms with van der Waals surface area (Å²) in [4.78, 5) is 15.6. The van der Waals surface area contributed by atoms with Gasteiger partial charge in [0.2, 0.25) is 0 Å². The summed E-state index contributed by atoms with van der Waals surface area (Å²) in [5.74, 6) is 0.566. The Morgan fingerprint density at radius 1 is 0.964 bits per heavy atom. The molecule has 0 aliphatic rings. The highest BCUT2D eigenvalue weighted by Crippen LogP contribution is 2.37. The van der Waals surface area contributed by atoms with Crippen LogP contribution in [0.2, 0.25) is 0 Å². The molecule has 3 rings (SSSR count). The molecule has 0 unspecified atom stereocenters. The fraction of sp³-hybridized carbons (Fsp3) is 0.350. The number of benzene rings is 2. The van der Waals surface area contributed by atoms with Crippen LogP contribution in [0, 0.1) is 4.91 Å². The van der Waals surface area contributed by atoms with Crippen LogP contribution in [0.15, 0.2) is 47.6 Å². The molecule has 7 nitrogen and oxygen atoms in total. The van der Waals surface area contributed by atoms with E-state index in [2.05, 4.69) is 10.2 Å². The van der Waals surface area contributed by atoms with E-state index in [1.54, 1.807) is 30.6 Å². The van der Waals surface area contributed by atoms with Gasteiger partial charge >= 0.3 is 0 Å². The van der Waals surface area contributed by atoms with Crippen molar-refractivity contribution in [3.8, 4) is 16.3 Å². The molecule has 148 valence electrons. The summed E-state index contributed by atoms with van der Waals surface area (Å²) in [7, 11) is 1.63. The Morgan fingerprint density at radius 2 is 1.71 bits per heavy atom. The van der Waals surface area contributed by atoms with Gasteiger partial charge in [-0.3, -0.25) is 0 Å². The van der Waals surface area contributed by atoms with Crippen LogP contribution < -0.4 is 4.74 Å². The number of nitrogens with zero attached hydrogens (tertiary/aromatic N) is 2. The summed E-state index contributed by atoms with van der Waals surface area (Å²) in [5, 5.41) is 3.83. The van der Waals surface area contributed by atoms with Gasteiger partial charge in [-0.2, -0.15) is 0 Å². The molecule has 0 aliphatic heterocycles. The van der Waals surface area contributed by atoms with Crippen molar-refractivity contribution in [2.75, 3.05) is 46.8 Å². The number of ether oxygens (including phenoxy) is 4. The van der Waals surface area contributed by atoms with E-state index in [0.717, 1.165) is 20.8 Å². The third kappa shape index (κ3) is 5.56. The van der Waals surface area contributed by atoms with Gasteiger partial charge in [0.05, 0.1) is 48.8 Å². The summed E-state index contributed by atoms with van der Waals surface area (Å²) in [6.45, 7) is 2.86. The largest absolute Gasteiger partial charge is 0.490 e. The van der Waals surface area contributed by atoms with Crippen molar-refractivity contribution >= 4 is 27.2 Å². The zero-order valence-electron chi connectivity index (χ0n) is 15.6. The number of nitroso groups, excluding NO2 is 1. The highest BCUT2D eigenvalue weighted by molar-refractivity contribution is 7.21. The van der Waals surface area contributed by atoms with Crippen molar-refractivity contribution in [2.45, 2.75) is 0 Å². The van der Waals surface area contributed by atoms with Gasteiger partial charge in [0.15, 0.2) is 0 Å². The Hall–Kier alpha value is -2.39. The predicted molar refractivity (Wildman–Crippen MR) is 110 cm³/mol. The normalized spacial score (nSPS) is 11.0. The maximum atomic E-state index is 10.9. The number of fused-ring (bicyclic) bond motifs is 1. The number of aromatic nitrogens is 1. The van der Waals surface area contributed by atoms with Crippen molar-refractivity contribution in [1.82, 2.24) is 4.98 Å². The number of hydrogen-bond donors (Lipinski definition) is 0. The summed E-state index contributed by atoms with van der Waals surface area (Å²) in [6, 6.07) is 13.0. The van der Waals surface area contributed by atoms with Crippen LogP contribution in [0.4, 0.5) is 5.69 Å². The molecule has 1 heterocycles. The maximum absolute atomic E-state index is 10.9. The lowest BCUT2D eigenvalue weighted by atomic mass is 10.2. The van der Waals surface area contributed by atoms with Crippen LogP contribution in [-0.4, -0.2) is 51.7 Å². The average molecular weight is 402 g/mol. The van der Waals surface area contributed by atoms with E-state index in [4.69, 9.17) is 18.9 Å². The molecule has 0 aliphatic carbocycles. The first-order valence-corrected chi connectivity index (χ1v) is 9.74. The zero-order chi connectivity index (χ0) is 19.6. The fourth-order valence-corrected chi connectivity index (χ4v) is 3.52. The van der Waals surface area contributed by atoms with Crippen LogP contribution >= 0.6 is 11.3 Å². The molecule has 0 spiro atoms. The van der Waals surface area contributed by atoms with E-state index in [-0.39, 0.29) is 0 Å². The second-order valence-electron chi connectivity index (χ2n) is 5.82. The smallest absolute Gasteiger partial charge is 0.131 e. The van der Waals surface area contributed by atoms with E-state index >= 15 is 0 Å². The van der Waals surface area contributed by atoms with Crippen molar-refractivity contribution in [1.29, 1.82) is 0 Å². The molecule has 0 radical (unpaired) electrons. The predicted octanol–water partition coefficient (Wildman–Crippen LogP) is 4.42. The Bertz CT molecular complexity index is 866. The van der Waals surface area contributed by atoms with Crippen molar-refractivity contribution in [3.05, 3.63) is 47.4 Å². The van der Waals surface area contributed by atoms with Gasteiger partial charge in [0, 0.05) is 13.2 Å². The molecule has 0 bridgehead atoms. The quantitative estimate of drug-likeness (QED) is 0.330. The summed E-state index contributed by atoms with van der Waals surface area (Å²) in [6.07, 6.45) is 0. The molecule has 0 amide bonds. The van der Waals surface area contributed by atoms with Crippen LogP contribution in [0.3, 0.4) is 0 Å². The van der Waals surface area contributed by atoms with E-state index in [1.165, 1.54) is 0 Å². The third-order valence-electron chi connectivity index (χ3n) is 3.88. The van der Waals surface area contributed by atoms with Gasteiger partial charge in [-0.15, -0.1) is 16.2 Å². The lowest BCUT2D eigenvalue weighted by molar-refractivity contribution is 0.0180. The minimum Gasteiger partial charge on any atom is -0.490 e. The number of para-hydroxylation sites is 1. The zero-order valence-corrected chi connectivity index (χ0v) is 16.4. The monoisotopic (exact) mass is 402 g/mol. The molecule has 3 aromatic rings.